The lowest BCUT2D eigenvalue weighted by molar-refractivity contribution is -0.112. The minimum absolute atomic E-state index is 0.0543. The number of ether oxygens (including phenoxy) is 2. The predicted molar refractivity (Wildman–Crippen MR) is 111 cm³/mol. The first-order valence-corrected chi connectivity index (χ1v) is 9.43. The minimum atomic E-state index is 0.0543. The van der Waals surface area contributed by atoms with Crippen molar-refractivity contribution in [1.82, 2.24) is 9.97 Å². The lowest BCUT2D eigenvalue weighted by Crippen LogP contribution is -2.13. The van der Waals surface area contributed by atoms with Crippen molar-refractivity contribution < 1.29 is 14.3 Å². The second-order valence-electron chi connectivity index (χ2n) is 6.96. The summed E-state index contributed by atoms with van der Waals surface area (Å²) < 4.78 is 10.9. The SMILES string of the molecule is COc1cccc(OC)c1/C=C1\CCC/C(=C\c2nc(C)c(C)nc2C)C1=O. The topological polar surface area (TPSA) is 61.3 Å². The van der Waals surface area contributed by atoms with Crippen molar-refractivity contribution in [2.24, 2.45) is 0 Å². The number of benzene rings is 1. The van der Waals surface area contributed by atoms with Crippen LogP contribution < -0.4 is 9.47 Å². The van der Waals surface area contributed by atoms with Crippen molar-refractivity contribution in [3.8, 4) is 11.5 Å². The van der Waals surface area contributed by atoms with E-state index in [-0.39, 0.29) is 5.78 Å². The molecule has 0 amide bonds. The number of nitrogens with zero attached hydrogens (tertiary/aromatic N) is 2. The van der Waals surface area contributed by atoms with Gasteiger partial charge in [-0.25, -0.2) is 4.98 Å². The normalized spacial score (nSPS) is 17.2. The third-order valence-corrected chi connectivity index (χ3v) is 5.09. The van der Waals surface area contributed by atoms with E-state index in [1.54, 1.807) is 14.2 Å². The zero-order chi connectivity index (χ0) is 20.3. The molecule has 1 aromatic heterocycles. The van der Waals surface area contributed by atoms with E-state index in [9.17, 15) is 4.79 Å². The van der Waals surface area contributed by atoms with Crippen LogP contribution >= 0.6 is 0 Å². The third kappa shape index (κ3) is 3.98. The van der Waals surface area contributed by atoms with E-state index in [1.165, 1.54) is 0 Å². The number of carbonyl (C=O) groups excluding carboxylic acids is 1. The number of Topliss-reactive ketones (excluding diaryl/α,β-unsaturated/α-hetero) is 1. The maximum atomic E-state index is 13.1. The number of ketones is 1. The highest BCUT2D eigenvalue weighted by Gasteiger charge is 2.22. The molecule has 0 aliphatic heterocycles. The Morgan fingerprint density at radius 1 is 0.857 bits per heavy atom. The van der Waals surface area contributed by atoms with Gasteiger partial charge in [-0.1, -0.05) is 6.07 Å². The molecular formula is C23H26N2O3. The summed E-state index contributed by atoms with van der Waals surface area (Å²) in [6.45, 7) is 5.81. The van der Waals surface area contributed by atoms with E-state index >= 15 is 0 Å². The summed E-state index contributed by atoms with van der Waals surface area (Å²) in [5, 5.41) is 0. The van der Waals surface area contributed by atoms with Gasteiger partial charge in [-0.15, -0.1) is 0 Å². The molecule has 1 aliphatic rings. The Labute approximate surface area is 166 Å². The molecule has 5 nitrogen and oxygen atoms in total. The number of allylic oxidation sites excluding steroid dienone is 2. The fourth-order valence-corrected chi connectivity index (χ4v) is 3.41. The standard InChI is InChI=1S/C23H26N2O3/c1-14-15(2)25-20(16(3)24-14)13-18-9-6-8-17(23(18)26)12-19-21(27-4)10-7-11-22(19)28-5/h7,10-13H,6,8-9H2,1-5H3/b17-12+,18-13+. The second kappa shape index (κ2) is 8.38. The molecule has 2 aromatic rings. The van der Waals surface area contributed by atoms with E-state index in [0.29, 0.717) is 11.5 Å². The Balaban J connectivity index is 2.00. The maximum absolute atomic E-state index is 13.1. The monoisotopic (exact) mass is 378 g/mol. The van der Waals surface area contributed by atoms with Crippen LogP contribution in [0.1, 0.15) is 47.6 Å². The molecule has 1 aromatic carbocycles. The number of carbonyl (C=O) groups is 1. The average molecular weight is 378 g/mol. The summed E-state index contributed by atoms with van der Waals surface area (Å²) in [6.07, 6.45) is 6.18. The van der Waals surface area contributed by atoms with Gasteiger partial charge in [0.15, 0.2) is 5.78 Å². The van der Waals surface area contributed by atoms with Crippen LogP contribution in [0.2, 0.25) is 0 Å². The molecule has 0 unspecified atom stereocenters. The lowest BCUT2D eigenvalue weighted by Gasteiger charge is -2.18. The van der Waals surface area contributed by atoms with Crippen molar-refractivity contribution in [3.63, 3.8) is 0 Å². The first-order chi connectivity index (χ1) is 13.4. The highest BCUT2D eigenvalue weighted by atomic mass is 16.5. The second-order valence-corrected chi connectivity index (χ2v) is 6.96. The molecule has 28 heavy (non-hydrogen) atoms. The van der Waals surface area contributed by atoms with Crippen LogP contribution in [0.15, 0.2) is 29.3 Å². The van der Waals surface area contributed by atoms with Gasteiger partial charge in [0, 0.05) is 11.1 Å². The van der Waals surface area contributed by atoms with E-state index in [2.05, 4.69) is 9.97 Å². The largest absolute Gasteiger partial charge is 0.496 e. The van der Waals surface area contributed by atoms with Crippen molar-refractivity contribution in [1.29, 1.82) is 0 Å². The van der Waals surface area contributed by atoms with E-state index < -0.39 is 0 Å². The quantitative estimate of drug-likeness (QED) is 0.726. The molecule has 0 atom stereocenters. The van der Waals surface area contributed by atoms with Crippen LogP contribution in [0.4, 0.5) is 0 Å². The Kier molecular flexibility index (Phi) is 5.93. The molecule has 146 valence electrons. The first-order valence-electron chi connectivity index (χ1n) is 9.43. The van der Waals surface area contributed by atoms with Gasteiger partial charge in [0.1, 0.15) is 11.5 Å². The number of aromatic nitrogens is 2. The molecule has 5 heteroatoms. The molecule has 1 heterocycles. The predicted octanol–water partition coefficient (Wildman–Crippen LogP) is 4.64. The highest BCUT2D eigenvalue weighted by Crippen LogP contribution is 2.34. The Bertz CT molecular complexity index is 952. The summed E-state index contributed by atoms with van der Waals surface area (Å²) in [5.74, 6) is 1.43. The smallest absolute Gasteiger partial charge is 0.185 e. The summed E-state index contributed by atoms with van der Waals surface area (Å²) in [5.41, 5.74) is 5.73. The molecule has 0 saturated heterocycles. The molecule has 1 fully saturated rings. The van der Waals surface area contributed by atoms with Gasteiger partial charge in [-0.3, -0.25) is 9.78 Å². The fourth-order valence-electron chi connectivity index (χ4n) is 3.41. The summed E-state index contributed by atoms with van der Waals surface area (Å²) in [7, 11) is 3.23. The van der Waals surface area contributed by atoms with Gasteiger partial charge >= 0.3 is 0 Å². The van der Waals surface area contributed by atoms with Crippen molar-refractivity contribution in [3.05, 3.63) is 57.7 Å². The molecule has 0 spiro atoms. The summed E-state index contributed by atoms with van der Waals surface area (Å²) in [4.78, 5) is 22.3. The van der Waals surface area contributed by atoms with Crippen LogP contribution in [-0.4, -0.2) is 30.0 Å². The Hall–Kier alpha value is -2.95. The van der Waals surface area contributed by atoms with Crippen LogP contribution in [0.25, 0.3) is 12.2 Å². The summed E-state index contributed by atoms with van der Waals surface area (Å²) in [6, 6.07) is 5.61. The van der Waals surface area contributed by atoms with Crippen LogP contribution in [0, 0.1) is 20.8 Å². The van der Waals surface area contributed by atoms with Gasteiger partial charge in [-0.2, -0.15) is 0 Å². The molecule has 1 saturated carbocycles. The van der Waals surface area contributed by atoms with E-state index in [0.717, 1.165) is 58.7 Å². The molecule has 0 N–H and O–H groups in total. The zero-order valence-corrected chi connectivity index (χ0v) is 17.1. The number of aryl methyl sites for hydroxylation is 3. The van der Waals surface area contributed by atoms with Crippen molar-refractivity contribution in [2.75, 3.05) is 14.2 Å². The van der Waals surface area contributed by atoms with Gasteiger partial charge in [0.25, 0.3) is 0 Å². The Morgan fingerprint density at radius 3 is 2.04 bits per heavy atom. The molecular weight excluding hydrogens is 352 g/mol. The Morgan fingerprint density at radius 2 is 1.43 bits per heavy atom. The maximum Gasteiger partial charge on any atom is 0.185 e. The minimum Gasteiger partial charge on any atom is -0.496 e. The van der Waals surface area contributed by atoms with Crippen LogP contribution in [-0.2, 0) is 4.79 Å². The molecule has 3 rings (SSSR count). The van der Waals surface area contributed by atoms with Crippen LogP contribution in [0.5, 0.6) is 11.5 Å². The van der Waals surface area contributed by atoms with E-state index in [4.69, 9.17) is 9.47 Å². The van der Waals surface area contributed by atoms with E-state index in [1.807, 2.05) is 51.1 Å². The van der Waals surface area contributed by atoms with Crippen molar-refractivity contribution >= 4 is 17.9 Å². The lowest BCUT2D eigenvalue weighted by atomic mass is 9.87. The average Bonchev–Trinajstić information content (AvgIpc) is 2.69. The molecule has 0 bridgehead atoms. The number of hydrogen-bond donors (Lipinski definition) is 0. The molecule has 0 radical (unpaired) electrons. The summed E-state index contributed by atoms with van der Waals surface area (Å²) >= 11 is 0. The highest BCUT2D eigenvalue weighted by molar-refractivity contribution is 6.14. The van der Waals surface area contributed by atoms with Gasteiger partial charge in [0.2, 0.25) is 0 Å². The number of methoxy groups -OCH3 is 2. The van der Waals surface area contributed by atoms with Gasteiger partial charge in [0.05, 0.1) is 42.6 Å². The van der Waals surface area contributed by atoms with Gasteiger partial charge < -0.3 is 9.47 Å². The third-order valence-electron chi connectivity index (χ3n) is 5.09. The number of hydrogen-bond acceptors (Lipinski definition) is 5. The first kappa shape index (κ1) is 19.8. The molecule has 1 aliphatic carbocycles. The van der Waals surface area contributed by atoms with Gasteiger partial charge in [-0.05, 0) is 64.3 Å². The number of rotatable bonds is 4. The zero-order valence-electron chi connectivity index (χ0n) is 17.1. The fraction of sp³-hybridized carbons (Fsp3) is 0.348. The van der Waals surface area contributed by atoms with Crippen molar-refractivity contribution in [2.45, 2.75) is 40.0 Å². The van der Waals surface area contributed by atoms with Crippen LogP contribution in [0.3, 0.4) is 0 Å².